The van der Waals surface area contributed by atoms with Crippen LogP contribution in [0, 0.1) is 11.3 Å². The van der Waals surface area contributed by atoms with Crippen molar-refractivity contribution in [1.82, 2.24) is 0 Å². The van der Waals surface area contributed by atoms with Gasteiger partial charge in [0.2, 0.25) is 0 Å². The minimum absolute atomic E-state index is 0.0526. The molecule has 1 N–H and O–H groups in total. The Morgan fingerprint density at radius 1 is 1.19 bits per heavy atom. The fourth-order valence-electron chi connectivity index (χ4n) is 2.13. The number of carbonyl (C=O) groups is 1. The van der Waals surface area contributed by atoms with Gasteiger partial charge in [0.1, 0.15) is 17.4 Å². The first-order valence-corrected chi connectivity index (χ1v) is 9.75. The van der Waals surface area contributed by atoms with E-state index in [2.05, 4.69) is 21.2 Å². The molecule has 0 atom stereocenters. The van der Waals surface area contributed by atoms with E-state index in [1.807, 2.05) is 24.3 Å². The van der Waals surface area contributed by atoms with Gasteiger partial charge >= 0.3 is 0 Å². The van der Waals surface area contributed by atoms with Crippen molar-refractivity contribution in [3.8, 4) is 6.07 Å². The van der Waals surface area contributed by atoms with Crippen molar-refractivity contribution < 1.29 is 9.21 Å². The molecule has 0 unspecified atom stereocenters. The molecule has 27 heavy (non-hydrogen) atoms. The maximum atomic E-state index is 12.3. The topological polar surface area (TPSA) is 66.0 Å². The summed E-state index contributed by atoms with van der Waals surface area (Å²) < 4.78 is 6.49. The molecule has 0 radical (unpaired) electrons. The number of carbonyl (C=O) groups excluding carboxylic acids is 1. The van der Waals surface area contributed by atoms with Crippen molar-refractivity contribution in [3.63, 3.8) is 0 Å². The highest BCUT2D eigenvalue weighted by Gasteiger charge is 2.14. The van der Waals surface area contributed by atoms with Gasteiger partial charge in [0.15, 0.2) is 5.09 Å². The Bertz CT molecular complexity index is 1020. The molecule has 3 rings (SSSR count). The highest BCUT2D eigenvalue weighted by Crippen LogP contribution is 2.36. The summed E-state index contributed by atoms with van der Waals surface area (Å²) in [5, 5.41) is 13.3. The standard InChI is InChI=1S/C20H12BrClN2O2S/c21-18-11-16(26-20(18)27-17-8-6-14(22)7-9-17)10-13(12-23)19(25)24-15-4-2-1-3-5-15/h1-11H,(H,24,25)/b13-10-. The fourth-order valence-corrected chi connectivity index (χ4v) is 3.59. The molecule has 0 saturated carbocycles. The van der Waals surface area contributed by atoms with E-state index in [1.54, 1.807) is 42.5 Å². The van der Waals surface area contributed by atoms with Gasteiger partial charge in [-0.1, -0.05) is 41.6 Å². The van der Waals surface area contributed by atoms with Gasteiger partial charge in [-0.25, -0.2) is 0 Å². The van der Waals surface area contributed by atoms with Crippen molar-refractivity contribution in [3.05, 3.63) is 81.5 Å². The number of para-hydroxylation sites is 1. The maximum Gasteiger partial charge on any atom is 0.266 e. The zero-order valence-electron chi connectivity index (χ0n) is 13.8. The summed E-state index contributed by atoms with van der Waals surface area (Å²) in [6.07, 6.45) is 1.41. The molecule has 1 amide bonds. The molecule has 0 bridgehead atoms. The zero-order chi connectivity index (χ0) is 19.2. The number of benzene rings is 2. The van der Waals surface area contributed by atoms with Crippen molar-refractivity contribution in [2.75, 3.05) is 5.32 Å². The largest absolute Gasteiger partial charge is 0.449 e. The number of furan rings is 1. The van der Waals surface area contributed by atoms with Crippen molar-refractivity contribution in [2.24, 2.45) is 0 Å². The molecule has 3 aromatic rings. The first-order valence-electron chi connectivity index (χ1n) is 7.76. The predicted octanol–water partition coefficient (Wildman–Crippen LogP) is 6.39. The molecule has 0 spiro atoms. The molecule has 0 saturated heterocycles. The smallest absolute Gasteiger partial charge is 0.266 e. The van der Waals surface area contributed by atoms with E-state index < -0.39 is 5.91 Å². The lowest BCUT2D eigenvalue weighted by Crippen LogP contribution is -2.13. The predicted molar refractivity (Wildman–Crippen MR) is 111 cm³/mol. The van der Waals surface area contributed by atoms with Gasteiger partial charge in [-0.2, -0.15) is 5.26 Å². The molecule has 1 aromatic heterocycles. The van der Waals surface area contributed by atoms with Crippen LogP contribution in [-0.4, -0.2) is 5.91 Å². The Balaban J connectivity index is 1.77. The summed E-state index contributed by atoms with van der Waals surface area (Å²) in [6.45, 7) is 0. The fraction of sp³-hybridized carbons (Fsp3) is 0. The molecular formula is C20H12BrClN2O2S. The number of halogens is 2. The molecule has 7 heteroatoms. The van der Waals surface area contributed by atoms with Gasteiger partial charge < -0.3 is 9.73 Å². The van der Waals surface area contributed by atoms with Crippen molar-refractivity contribution in [2.45, 2.75) is 9.99 Å². The van der Waals surface area contributed by atoms with Crippen LogP contribution in [0.25, 0.3) is 6.08 Å². The lowest BCUT2D eigenvalue weighted by atomic mass is 10.2. The second-order valence-corrected chi connectivity index (χ2v) is 7.67. The lowest BCUT2D eigenvalue weighted by Gasteiger charge is -2.03. The molecule has 134 valence electrons. The SMILES string of the molecule is N#C/C(=C/c1cc(Br)c(Sc2ccc(Cl)cc2)o1)C(=O)Nc1ccccc1. The number of nitrogens with zero attached hydrogens (tertiary/aromatic N) is 1. The number of rotatable bonds is 5. The molecule has 2 aromatic carbocycles. The molecule has 4 nitrogen and oxygen atoms in total. The van der Waals surface area contributed by atoms with Crippen LogP contribution in [-0.2, 0) is 4.79 Å². The second-order valence-electron chi connectivity index (χ2n) is 5.33. The monoisotopic (exact) mass is 458 g/mol. The Morgan fingerprint density at radius 3 is 2.56 bits per heavy atom. The first kappa shape index (κ1) is 19.3. The van der Waals surface area contributed by atoms with E-state index >= 15 is 0 Å². The molecule has 0 fully saturated rings. The number of nitriles is 1. The summed E-state index contributed by atoms with van der Waals surface area (Å²) >= 11 is 10.7. The van der Waals surface area contributed by atoms with Crippen LogP contribution in [0.3, 0.4) is 0 Å². The van der Waals surface area contributed by atoms with Gasteiger partial charge in [-0.3, -0.25) is 4.79 Å². The first-order chi connectivity index (χ1) is 13.0. The van der Waals surface area contributed by atoms with Gasteiger partial charge in [0.05, 0.1) is 4.47 Å². The van der Waals surface area contributed by atoms with Gasteiger partial charge in [0.25, 0.3) is 5.91 Å². The van der Waals surface area contributed by atoms with Crippen LogP contribution in [0.5, 0.6) is 0 Å². The van der Waals surface area contributed by atoms with Crippen molar-refractivity contribution in [1.29, 1.82) is 5.26 Å². The Hall–Kier alpha value is -2.46. The van der Waals surface area contributed by atoms with E-state index in [9.17, 15) is 10.1 Å². The highest BCUT2D eigenvalue weighted by molar-refractivity contribution is 9.10. The summed E-state index contributed by atoms with van der Waals surface area (Å²) in [6, 6.07) is 19.9. The van der Waals surface area contributed by atoms with Crippen LogP contribution in [0.2, 0.25) is 5.02 Å². The van der Waals surface area contributed by atoms with Crippen LogP contribution < -0.4 is 5.32 Å². The average Bonchev–Trinajstić information content (AvgIpc) is 3.01. The minimum Gasteiger partial charge on any atom is -0.449 e. The van der Waals surface area contributed by atoms with Crippen LogP contribution in [0.4, 0.5) is 5.69 Å². The molecule has 0 aliphatic rings. The van der Waals surface area contributed by atoms with Crippen molar-refractivity contribution >= 4 is 57.0 Å². The quantitative estimate of drug-likeness (QED) is 0.354. The van der Waals surface area contributed by atoms with E-state index in [4.69, 9.17) is 16.0 Å². The summed E-state index contributed by atoms with van der Waals surface area (Å²) in [7, 11) is 0. The molecule has 0 aliphatic heterocycles. The Labute approximate surface area is 174 Å². The van der Waals surface area contributed by atoms with E-state index in [0.29, 0.717) is 21.6 Å². The van der Waals surface area contributed by atoms with Gasteiger partial charge in [0, 0.05) is 21.7 Å². The average molecular weight is 460 g/mol. The van der Waals surface area contributed by atoms with Crippen LogP contribution in [0.1, 0.15) is 5.76 Å². The van der Waals surface area contributed by atoms with E-state index in [0.717, 1.165) is 9.37 Å². The normalized spacial score (nSPS) is 11.1. The summed E-state index contributed by atoms with van der Waals surface area (Å²) in [5.41, 5.74) is 0.561. The zero-order valence-corrected chi connectivity index (χ0v) is 16.9. The maximum absolute atomic E-state index is 12.3. The second kappa shape index (κ2) is 8.96. The van der Waals surface area contributed by atoms with Crippen LogP contribution in [0.15, 0.2) is 85.1 Å². The summed E-state index contributed by atoms with van der Waals surface area (Å²) in [4.78, 5) is 13.2. The number of anilines is 1. The third kappa shape index (κ3) is 5.27. The number of hydrogen-bond acceptors (Lipinski definition) is 4. The Morgan fingerprint density at radius 2 is 1.89 bits per heavy atom. The third-order valence-corrected chi connectivity index (χ3v) is 5.48. The highest BCUT2D eigenvalue weighted by atomic mass is 79.9. The number of hydrogen-bond donors (Lipinski definition) is 1. The summed E-state index contributed by atoms with van der Waals surface area (Å²) in [5.74, 6) is -0.0961. The molecular weight excluding hydrogens is 448 g/mol. The van der Waals surface area contributed by atoms with E-state index in [-0.39, 0.29) is 5.57 Å². The molecule has 1 heterocycles. The van der Waals surface area contributed by atoms with Crippen LogP contribution >= 0.6 is 39.3 Å². The number of nitrogens with one attached hydrogen (secondary N) is 1. The molecule has 0 aliphatic carbocycles. The number of amides is 1. The minimum atomic E-state index is -0.497. The Kier molecular flexibility index (Phi) is 6.40. The van der Waals surface area contributed by atoms with Gasteiger partial charge in [-0.05, 0) is 58.4 Å². The third-order valence-electron chi connectivity index (χ3n) is 3.38. The van der Waals surface area contributed by atoms with E-state index in [1.165, 1.54) is 17.8 Å². The lowest BCUT2D eigenvalue weighted by molar-refractivity contribution is -0.112. The van der Waals surface area contributed by atoms with Gasteiger partial charge in [-0.15, -0.1) is 0 Å².